The average molecular weight is 380 g/mol. The number of benzene rings is 1. The molecule has 18 heavy (non-hydrogen) atoms. The number of halogens is 2. The van der Waals surface area contributed by atoms with Crippen LogP contribution in [0, 0.1) is 3.57 Å². The monoisotopic (exact) mass is 379 g/mol. The molecule has 1 unspecified atom stereocenters. The molecule has 0 heterocycles. The van der Waals surface area contributed by atoms with Crippen molar-refractivity contribution in [3.63, 3.8) is 0 Å². The van der Waals surface area contributed by atoms with Crippen LogP contribution in [-0.2, 0) is 0 Å². The van der Waals surface area contributed by atoms with Gasteiger partial charge in [-0.25, -0.2) is 0 Å². The van der Waals surface area contributed by atoms with Crippen LogP contribution in [0.4, 0.5) is 5.69 Å². The Morgan fingerprint density at radius 1 is 1.22 bits per heavy atom. The van der Waals surface area contributed by atoms with E-state index in [1.54, 1.807) is 0 Å². The second-order valence-corrected chi connectivity index (χ2v) is 6.53. The highest BCUT2D eigenvalue weighted by Gasteiger charge is 2.05. The van der Waals surface area contributed by atoms with Gasteiger partial charge in [0, 0.05) is 9.61 Å². The molecule has 0 aromatic heterocycles. The van der Waals surface area contributed by atoms with Crippen molar-refractivity contribution in [3.05, 3.63) is 26.8 Å². The van der Waals surface area contributed by atoms with Gasteiger partial charge in [0.25, 0.3) is 0 Å². The van der Waals surface area contributed by atoms with E-state index in [-0.39, 0.29) is 0 Å². The van der Waals surface area contributed by atoms with Gasteiger partial charge in [-0.05, 0) is 54.1 Å². The minimum atomic E-state index is 0.490. The van der Waals surface area contributed by atoms with E-state index < -0.39 is 0 Å². The molecule has 1 nitrogen and oxygen atoms in total. The first-order valence-electron chi connectivity index (χ1n) is 6.85. The van der Waals surface area contributed by atoms with Crippen LogP contribution in [-0.4, -0.2) is 6.04 Å². The van der Waals surface area contributed by atoms with E-state index in [2.05, 4.69) is 53.9 Å². The fourth-order valence-electron chi connectivity index (χ4n) is 2.00. The number of hydrogen-bond acceptors (Lipinski definition) is 1. The van der Waals surface area contributed by atoms with Gasteiger partial charge >= 0.3 is 0 Å². The largest absolute Gasteiger partial charge is 0.381 e. The lowest BCUT2D eigenvalue weighted by atomic mass is 10.1. The van der Waals surface area contributed by atoms with Crippen LogP contribution in [0.2, 0.25) is 5.02 Å². The molecule has 102 valence electrons. The summed E-state index contributed by atoms with van der Waals surface area (Å²) < 4.78 is 1.18. The van der Waals surface area contributed by atoms with Gasteiger partial charge in [0.1, 0.15) is 0 Å². The van der Waals surface area contributed by atoms with Gasteiger partial charge in [-0.2, -0.15) is 0 Å². The number of nitrogens with one attached hydrogen (secondary N) is 1. The molecule has 0 fully saturated rings. The van der Waals surface area contributed by atoms with Crippen molar-refractivity contribution >= 4 is 39.9 Å². The van der Waals surface area contributed by atoms with Crippen molar-refractivity contribution in [1.82, 2.24) is 0 Å². The molecule has 0 aliphatic heterocycles. The first-order valence-corrected chi connectivity index (χ1v) is 8.30. The third kappa shape index (κ3) is 6.28. The maximum Gasteiger partial charge on any atom is 0.0648 e. The minimum Gasteiger partial charge on any atom is -0.381 e. The summed E-state index contributed by atoms with van der Waals surface area (Å²) in [5, 5.41) is 4.31. The molecule has 1 aromatic carbocycles. The molecular formula is C15H23ClIN. The van der Waals surface area contributed by atoms with Crippen LogP contribution in [0.3, 0.4) is 0 Å². The van der Waals surface area contributed by atoms with Crippen LogP contribution in [0.15, 0.2) is 18.2 Å². The molecule has 0 amide bonds. The zero-order chi connectivity index (χ0) is 13.4. The van der Waals surface area contributed by atoms with Crippen molar-refractivity contribution in [3.8, 4) is 0 Å². The van der Waals surface area contributed by atoms with Gasteiger partial charge in [-0.1, -0.05) is 50.6 Å². The highest BCUT2D eigenvalue weighted by atomic mass is 127. The minimum absolute atomic E-state index is 0.490. The summed E-state index contributed by atoms with van der Waals surface area (Å²) >= 11 is 8.49. The topological polar surface area (TPSA) is 12.0 Å². The summed E-state index contributed by atoms with van der Waals surface area (Å²) in [6, 6.07) is 6.64. The molecular weight excluding hydrogens is 357 g/mol. The molecule has 0 radical (unpaired) electrons. The third-order valence-electron chi connectivity index (χ3n) is 3.07. The molecule has 1 aromatic rings. The molecule has 1 N–H and O–H groups in total. The first-order chi connectivity index (χ1) is 8.63. The molecule has 0 spiro atoms. The Morgan fingerprint density at radius 2 is 1.94 bits per heavy atom. The van der Waals surface area contributed by atoms with Gasteiger partial charge in [0.15, 0.2) is 0 Å². The lowest BCUT2D eigenvalue weighted by Gasteiger charge is -2.16. The standard InChI is InChI=1S/C15H23ClIN/c1-3-4-5-6-7-8-12(2)18-15-10-9-13(17)11-14(15)16/h9-12,18H,3-8H2,1-2H3. The SMILES string of the molecule is CCCCCCCC(C)Nc1ccc(I)cc1Cl. The Labute approximate surface area is 130 Å². The molecule has 0 saturated carbocycles. The van der Waals surface area contributed by atoms with E-state index in [0.29, 0.717) is 6.04 Å². The molecule has 1 rings (SSSR count). The Kier molecular flexibility index (Phi) is 8.07. The zero-order valence-electron chi connectivity index (χ0n) is 11.3. The maximum absolute atomic E-state index is 6.21. The van der Waals surface area contributed by atoms with Crippen LogP contribution in [0.5, 0.6) is 0 Å². The quantitative estimate of drug-likeness (QED) is 0.425. The fraction of sp³-hybridized carbons (Fsp3) is 0.600. The molecule has 1 atom stereocenters. The van der Waals surface area contributed by atoms with Crippen LogP contribution in [0.25, 0.3) is 0 Å². The number of hydrogen-bond donors (Lipinski definition) is 1. The zero-order valence-corrected chi connectivity index (χ0v) is 14.2. The molecule has 0 bridgehead atoms. The average Bonchev–Trinajstić information content (AvgIpc) is 2.32. The van der Waals surface area contributed by atoms with Crippen molar-refractivity contribution in [2.75, 3.05) is 5.32 Å². The molecule has 0 aliphatic rings. The number of rotatable bonds is 8. The molecule has 0 saturated heterocycles. The van der Waals surface area contributed by atoms with Crippen molar-refractivity contribution in [2.45, 2.75) is 58.4 Å². The highest BCUT2D eigenvalue weighted by Crippen LogP contribution is 2.25. The normalized spacial score (nSPS) is 12.4. The smallest absolute Gasteiger partial charge is 0.0648 e. The van der Waals surface area contributed by atoms with E-state index >= 15 is 0 Å². The fourth-order valence-corrected chi connectivity index (χ4v) is 2.91. The van der Waals surface area contributed by atoms with Gasteiger partial charge in [0.2, 0.25) is 0 Å². The summed E-state index contributed by atoms with van der Waals surface area (Å²) in [5.41, 5.74) is 1.05. The van der Waals surface area contributed by atoms with E-state index in [0.717, 1.165) is 10.7 Å². The van der Waals surface area contributed by atoms with Crippen molar-refractivity contribution in [2.24, 2.45) is 0 Å². The van der Waals surface area contributed by atoms with Gasteiger partial charge in [-0.3, -0.25) is 0 Å². The van der Waals surface area contributed by atoms with E-state index in [9.17, 15) is 0 Å². The van der Waals surface area contributed by atoms with Crippen LogP contribution in [0.1, 0.15) is 52.4 Å². The summed E-state index contributed by atoms with van der Waals surface area (Å²) in [4.78, 5) is 0. The van der Waals surface area contributed by atoms with E-state index in [1.165, 1.54) is 42.1 Å². The third-order valence-corrected chi connectivity index (χ3v) is 4.06. The Hall–Kier alpha value is 0.0400. The summed E-state index contributed by atoms with van der Waals surface area (Å²) in [7, 11) is 0. The lowest BCUT2D eigenvalue weighted by molar-refractivity contribution is 0.578. The Bertz CT molecular complexity index is 354. The Morgan fingerprint density at radius 3 is 2.61 bits per heavy atom. The molecule has 0 aliphatic carbocycles. The maximum atomic E-state index is 6.21. The van der Waals surface area contributed by atoms with Crippen LogP contribution < -0.4 is 5.32 Å². The first kappa shape index (κ1) is 16.1. The predicted molar refractivity (Wildman–Crippen MR) is 90.6 cm³/mol. The number of anilines is 1. The second kappa shape index (κ2) is 9.03. The summed E-state index contributed by atoms with van der Waals surface area (Å²) in [6.07, 6.45) is 7.91. The van der Waals surface area contributed by atoms with E-state index in [1.807, 2.05) is 6.07 Å². The number of unbranched alkanes of at least 4 members (excludes halogenated alkanes) is 4. The lowest BCUT2D eigenvalue weighted by Crippen LogP contribution is -2.15. The summed E-state index contributed by atoms with van der Waals surface area (Å²) in [5.74, 6) is 0. The molecule has 3 heteroatoms. The predicted octanol–water partition coefficient (Wildman–Crippen LogP) is 6.11. The van der Waals surface area contributed by atoms with Crippen molar-refractivity contribution in [1.29, 1.82) is 0 Å². The van der Waals surface area contributed by atoms with Crippen molar-refractivity contribution < 1.29 is 0 Å². The van der Waals surface area contributed by atoms with Gasteiger partial charge in [0.05, 0.1) is 10.7 Å². The van der Waals surface area contributed by atoms with Crippen LogP contribution >= 0.6 is 34.2 Å². The van der Waals surface area contributed by atoms with Gasteiger partial charge < -0.3 is 5.32 Å². The Balaban J connectivity index is 2.28. The second-order valence-electron chi connectivity index (χ2n) is 4.87. The van der Waals surface area contributed by atoms with E-state index in [4.69, 9.17) is 11.6 Å². The highest BCUT2D eigenvalue weighted by molar-refractivity contribution is 14.1. The summed E-state index contributed by atoms with van der Waals surface area (Å²) in [6.45, 7) is 4.48. The van der Waals surface area contributed by atoms with Gasteiger partial charge in [-0.15, -0.1) is 0 Å².